The van der Waals surface area contributed by atoms with E-state index in [1.54, 1.807) is 6.07 Å². The molecule has 3 N–H and O–H groups in total. The van der Waals surface area contributed by atoms with E-state index in [-0.39, 0.29) is 11.7 Å². The minimum absolute atomic E-state index is 0.276. The van der Waals surface area contributed by atoms with Crippen molar-refractivity contribution in [1.82, 2.24) is 10.3 Å². The lowest BCUT2D eigenvalue weighted by Crippen LogP contribution is -2.31. The van der Waals surface area contributed by atoms with E-state index in [0.717, 1.165) is 29.6 Å². The number of nitrogen functional groups attached to an aromatic ring is 1. The summed E-state index contributed by atoms with van der Waals surface area (Å²) in [6, 6.07) is 5.41. The smallest absolute Gasteiger partial charge is 0.275 e. The van der Waals surface area contributed by atoms with E-state index in [4.69, 9.17) is 5.84 Å². The van der Waals surface area contributed by atoms with Gasteiger partial charge in [0.05, 0.1) is 4.88 Å². The summed E-state index contributed by atoms with van der Waals surface area (Å²) in [5.41, 5.74) is 2.92. The van der Waals surface area contributed by atoms with Crippen LogP contribution in [0, 0.1) is 5.82 Å². The Morgan fingerprint density at radius 1 is 1.57 bits per heavy atom. The number of nitrogens with one attached hydrogen (secondary N) is 1. The maximum atomic E-state index is 14.2. The van der Waals surface area contributed by atoms with Crippen molar-refractivity contribution in [1.29, 1.82) is 0 Å². The van der Waals surface area contributed by atoms with Crippen LogP contribution in [0.15, 0.2) is 18.2 Å². The Balaban J connectivity index is 2.10. The van der Waals surface area contributed by atoms with Gasteiger partial charge in [-0.3, -0.25) is 15.1 Å². The number of likely N-dealkylation sites (tertiary alicyclic amines) is 1. The van der Waals surface area contributed by atoms with Crippen LogP contribution in [0.2, 0.25) is 0 Å². The molecule has 1 aromatic carbocycles. The van der Waals surface area contributed by atoms with Gasteiger partial charge in [-0.25, -0.2) is 10.2 Å². The summed E-state index contributed by atoms with van der Waals surface area (Å²) >= 11 is 1.30. The highest BCUT2D eigenvalue weighted by molar-refractivity contribution is 7.21. The van der Waals surface area contributed by atoms with Gasteiger partial charge in [-0.1, -0.05) is 6.07 Å². The van der Waals surface area contributed by atoms with Gasteiger partial charge in [0.1, 0.15) is 5.82 Å². The van der Waals surface area contributed by atoms with E-state index in [2.05, 4.69) is 17.2 Å². The van der Waals surface area contributed by atoms with Crippen molar-refractivity contribution in [3.8, 4) is 0 Å². The number of hydrazine groups is 1. The largest absolute Gasteiger partial charge is 0.296 e. The second-order valence-electron chi connectivity index (χ2n) is 5.46. The maximum Gasteiger partial charge on any atom is 0.275 e. The van der Waals surface area contributed by atoms with Gasteiger partial charge < -0.3 is 0 Å². The number of hydrogen-bond acceptors (Lipinski definition) is 4. The molecular weight excluding hydrogens is 289 g/mol. The van der Waals surface area contributed by atoms with Gasteiger partial charge in [0.2, 0.25) is 0 Å². The molecule has 0 saturated carbocycles. The van der Waals surface area contributed by atoms with E-state index in [1.165, 1.54) is 17.4 Å². The standard InChI is InChI=1S/C15H18FN3OS/c1-9-4-3-7-19(9)8-10-13-11(16)5-2-6-12(13)21-14(10)15(20)18-17/h2,5-6,9H,3-4,7-8,17H2,1H3,(H,18,20). The Morgan fingerprint density at radius 2 is 2.38 bits per heavy atom. The number of fused-ring (bicyclic) bond motifs is 1. The average molecular weight is 307 g/mol. The molecule has 1 aromatic heterocycles. The van der Waals surface area contributed by atoms with Crippen molar-refractivity contribution < 1.29 is 9.18 Å². The predicted molar refractivity (Wildman–Crippen MR) is 82.5 cm³/mol. The molecule has 2 heterocycles. The first-order valence-corrected chi connectivity index (χ1v) is 7.88. The molecular formula is C15H18FN3OS. The lowest BCUT2D eigenvalue weighted by molar-refractivity contribution is 0.0955. The number of nitrogens with zero attached hydrogens (tertiary/aromatic N) is 1. The summed E-state index contributed by atoms with van der Waals surface area (Å²) in [5, 5.41) is 0.556. The van der Waals surface area contributed by atoms with Crippen molar-refractivity contribution in [3.05, 3.63) is 34.5 Å². The van der Waals surface area contributed by atoms with Crippen LogP contribution >= 0.6 is 11.3 Å². The van der Waals surface area contributed by atoms with E-state index >= 15 is 0 Å². The predicted octanol–water partition coefficient (Wildman–Crippen LogP) is 2.63. The third kappa shape index (κ3) is 2.54. The Bertz CT molecular complexity index is 685. The summed E-state index contributed by atoms with van der Waals surface area (Å²) in [7, 11) is 0. The zero-order valence-electron chi connectivity index (χ0n) is 11.9. The topological polar surface area (TPSA) is 58.4 Å². The van der Waals surface area contributed by atoms with Crippen molar-refractivity contribution in [2.24, 2.45) is 5.84 Å². The average Bonchev–Trinajstić information content (AvgIpc) is 3.04. The first-order valence-electron chi connectivity index (χ1n) is 7.06. The molecule has 1 atom stereocenters. The molecule has 1 fully saturated rings. The van der Waals surface area contributed by atoms with Gasteiger partial charge in [-0.05, 0) is 38.4 Å². The van der Waals surface area contributed by atoms with E-state index in [1.807, 2.05) is 6.07 Å². The van der Waals surface area contributed by atoms with Crippen LogP contribution in [0.5, 0.6) is 0 Å². The van der Waals surface area contributed by atoms with Crippen LogP contribution in [-0.2, 0) is 6.54 Å². The van der Waals surface area contributed by atoms with Crippen LogP contribution in [0.1, 0.15) is 35.0 Å². The lowest BCUT2D eigenvalue weighted by Gasteiger charge is -2.21. The molecule has 0 bridgehead atoms. The van der Waals surface area contributed by atoms with Crippen molar-refractivity contribution in [2.45, 2.75) is 32.4 Å². The van der Waals surface area contributed by atoms with Gasteiger partial charge in [0, 0.05) is 28.2 Å². The molecule has 1 unspecified atom stereocenters. The number of benzene rings is 1. The molecule has 4 nitrogen and oxygen atoms in total. The Hall–Kier alpha value is -1.50. The number of carbonyl (C=O) groups is 1. The Labute approximate surface area is 126 Å². The van der Waals surface area contributed by atoms with Gasteiger partial charge in [-0.2, -0.15) is 0 Å². The second kappa shape index (κ2) is 5.71. The number of rotatable bonds is 3. The van der Waals surface area contributed by atoms with Crippen LogP contribution in [0.25, 0.3) is 10.1 Å². The minimum Gasteiger partial charge on any atom is -0.296 e. The number of halogens is 1. The quantitative estimate of drug-likeness (QED) is 0.521. The molecule has 1 saturated heterocycles. The van der Waals surface area contributed by atoms with Crippen LogP contribution in [-0.4, -0.2) is 23.4 Å². The third-order valence-corrected chi connectivity index (χ3v) is 5.35. The van der Waals surface area contributed by atoms with Gasteiger partial charge in [0.15, 0.2) is 0 Å². The van der Waals surface area contributed by atoms with Crippen molar-refractivity contribution in [2.75, 3.05) is 6.54 Å². The van der Waals surface area contributed by atoms with Gasteiger partial charge in [0.25, 0.3) is 5.91 Å². The zero-order chi connectivity index (χ0) is 15.0. The fourth-order valence-corrected chi connectivity index (χ4v) is 4.13. The number of hydrogen-bond donors (Lipinski definition) is 2. The Morgan fingerprint density at radius 3 is 3.05 bits per heavy atom. The second-order valence-corrected chi connectivity index (χ2v) is 6.51. The van der Waals surface area contributed by atoms with E-state index < -0.39 is 0 Å². The van der Waals surface area contributed by atoms with Crippen molar-refractivity contribution in [3.63, 3.8) is 0 Å². The third-order valence-electron chi connectivity index (χ3n) is 4.15. The van der Waals surface area contributed by atoms with E-state index in [9.17, 15) is 9.18 Å². The first kappa shape index (κ1) is 14.4. The first-order chi connectivity index (χ1) is 10.1. The highest BCUT2D eigenvalue weighted by Crippen LogP contribution is 2.35. The number of nitrogens with two attached hydrogens (primary N) is 1. The molecule has 1 amide bonds. The van der Waals surface area contributed by atoms with Crippen LogP contribution in [0.3, 0.4) is 0 Å². The molecule has 0 aliphatic carbocycles. The molecule has 2 aromatic rings. The van der Waals surface area contributed by atoms with Gasteiger partial charge >= 0.3 is 0 Å². The van der Waals surface area contributed by atoms with E-state index in [0.29, 0.717) is 22.8 Å². The normalized spacial score (nSPS) is 19.3. The van der Waals surface area contributed by atoms with Gasteiger partial charge in [-0.15, -0.1) is 11.3 Å². The highest BCUT2D eigenvalue weighted by Gasteiger charge is 2.26. The summed E-state index contributed by atoms with van der Waals surface area (Å²) in [4.78, 5) is 14.8. The fourth-order valence-electron chi connectivity index (χ4n) is 3.00. The zero-order valence-corrected chi connectivity index (χ0v) is 12.7. The lowest BCUT2D eigenvalue weighted by atomic mass is 10.1. The SMILES string of the molecule is CC1CCCN1Cc1c(C(=O)NN)sc2cccc(F)c12. The number of carbonyl (C=O) groups excluding carboxylic acids is 1. The monoisotopic (exact) mass is 307 g/mol. The summed E-state index contributed by atoms with van der Waals surface area (Å²) in [6.45, 7) is 3.74. The fraction of sp³-hybridized carbons (Fsp3) is 0.400. The van der Waals surface area contributed by atoms with Crippen LogP contribution in [0.4, 0.5) is 4.39 Å². The molecule has 3 rings (SSSR count). The summed E-state index contributed by atoms with van der Waals surface area (Å²) in [6.07, 6.45) is 2.28. The molecule has 21 heavy (non-hydrogen) atoms. The van der Waals surface area contributed by atoms with Crippen molar-refractivity contribution >= 4 is 27.3 Å². The summed E-state index contributed by atoms with van der Waals surface area (Å²) < 4.78 is 15.0. The maximum absolute atomic E-state index is 14.2. The summed E-state index contributed by atoms with van der Waals surface area (Å²) in [5.74, 6) is 4.64. The van der Waals surface area contributed by atoms with Crippen LogP contribution < -0.4 is 11.3 Å². The number of thiophene rings is 1. The highest BCUT2D eigenvalue weighted by atomic mass is 32.1. The molecule has 0 radical (unpaired) electrons. The Kier molecular flexibility index (Phi) is 3.93. The minimum atomic E-state index is -0.350. The molecule has 1 aliphatic rings. The molecule has 112 valence electrons. The molecule has 6 heteroatoms. The molecule has 0 spiro atoms. The number of amides is 1. The molecule has 1 aliphatic heterocycles.